The minimum atomic E-state index is -3.32. The number of sulfonamides is 1. The maximum absolute atomic E-state index is 11.1. The van der Waals surface area contributed by atoms with Gasteiger partial charge in [-0.3, -0.25) is 4.72 Å². The molecule has 0 heterocycles. The third-order valence-electron chi connectivity index (χ3n) is 1.70. The number of methoxy groups -OCH3 is 2. The van der Waals surface area contributed by atoms with E-state index in [4.69, 9.17) is 9.47 Å². The summed E-state index contributed by atoms with van der Waals surface area (Å²) in [5, 5.41) is 0. The lowest BCUT2D eigenvalue weighted by Gasteiger charge is -2.10. The predicted octanol–water partition coefficient (Wildman–Crippen LogP) is 1.08. The first-order valence-electron chi connectivity index (χ1n) is 4.16. The molecule has 0 aromatic heterocycles. The lowest BCUT2D eigenvalue weighted by molar-refractivity contribution is 0.405. The zero-order valence-corrected chi connectivity index (χ0v) is 9.59. The molecular formula is C9H13NO4S. The van der Waals surface area contributed by atoms with E-state index in [1.165, 1.54) is 14.2 Å². The molecule has 5 nitrogen and oxygen atoms in total. The molecule has 1 aromatic carbocycles. The molecule has 1 aromatic rings. The van der Waals surface area contributed by atoms with Crippen LogP contribution >= 0.6 is 0 Å². The Hall–Kier alpha value is -1.43. The molecular weight excluding hydrogens is 218 g/mol. The first-order valence-corrected chi connectivity index (χ1v) is 6.05. The first-order chi connectivity index (χ1) is 6.96. The van der Waals surface area contributed by atoms with Gasteiger partial charge in [0.25, 0.3) is 0 Å². The van der Waals surface area contributed by atoms with Crippen LogP contribution in [0.5, 0.6) is 11.5 Å². The number of hydrogen-bond acceptors (Lipinski definition) is 4. The molecule has 84 valence electrons. The van der Waals surface area contributed by atoms with Crippen LogP contribution in [0.3, 0.4) is 0 Å². The molecule has 0 aliphatic heterocycles. The lowest BCUT2D eigenvalue weighted by atomic mass is 10.3. The normalized spacial score (nSPS) is 10.9. The average molecular weight is 231 g/mol. The second kappa shape index (κ2) is 4.39. The fourth-order valence-electron chi connectivity index (χ4n) is 1.09. The summed E-state index contributed by atoms with van der Waals surface area (Å²) >= 11 is 0. The highest BCUT2D eigenvalue weighted by Gasteiger charge is 2.09. The van der Waals surface area contributed by atoms with Crippen LogP contribution in [0.15, 0.2) is 18.2 Å². The number of rotatable bonds is 4. The van der Waals surface area contributed by atoms with Crippen LogP contribution in [0.2, 0.25) is 0 Å². The lowest BCUT2D eigenvalue weighted by Crippen LogP contribution is -2.10. The molecule has 0 amide bonds. The summed E-state index contributed by atoms with van der Waals surface area (Å²) in [5.74, 6) is 1.00. The van der Waals surface area contributed by atoms with Crippen LogP contribution in [0, 0.1) is 0 Å². The number of hydrogen-bond donors (Lipinski definition) is 1. The van der Waals surface area contributed by atoms with Crippen molar-refractivity contribution in [2.24, 2.45) is 0 Å². The van der Waals surface area contributed by atoms with Crippen molar-refractivity contribution in [2.75, 3.05) is 25.2 Å². The topological polar surface area (TPSA) is 64.6 Å². The predicted molar refractivity (Wildman–Crippen MR) is 58.0 cm³/mol. The van der Waals surface area contributed by atoms with Crippen LogP contribution < -0.4 is 14.2 Å². The minimum absolute atomic E-state index is 0.361. The van der Waals surface area contributed by atoms with E-state index < -0.39 is 10.0 Å². The van der Waals surface area contributed by atoms with Gasteiger partial charge in [0, 0.05) is 6.07 Å². The van der Waals surface area contributed by atoms with E-state index in [9.17, 15) is 8.42 Å². The van der Waals surface area contributed by atoms with Crippen LogP contribution in [-0.4, -0.2) is 28.9 Å². The van der Waals surface area contributed by atoms with E-state index in [1.54, 1.807) is 18.2 Å². The van der Waals surface area contributed by atoms with Gasteiger partial charge in [-0.25, -0.2) is 8.42 Å². The third-order valence-corrected chi connectivity index (χ3v) is 2.29. The van der Waals surface area contributed by atoms with E-state index in [2.05, 4.69) is 4.72 Å². The van der Waals surface area contributed by atoms with Gasteiger partial charge < -0.3 is 9.47 Å². The summed E-state index contributed by atoms with van der Waals surface area (Å²) in [5.41, 5.74) is 0.361. The van der Waals surface area contributed by atoms with Crippen molar-refractivity contribution < 1.29 is 17.9 Å². The number of benzene rings is 1. The van der Waals surface area contributed by atoms with E-state index >= 15 is 0 Å². The van der Waals surface area contributed by atoms with E-state index in [1.807, 2.05) is 0 Å². The molecule has 0 aliphatic rings. The van der Waals surface area contributed by atoms with Crippen molar-refractivity contribution in [3.05, 3.63) is 18.2 Å². The molecule has 0 fully saturated rings. The second-order valence-electron chi connectivity index (χ2n) is 2.94. The molecule has 0 spiro atoms. The highest BCUT2D eigenvalue weighted by Crippen LogP contribution is 2.29. The number of ether oxygens (including phenoxy) is 2. The Labute approximate surface area is 89.1 Å². The van der Waals surface area contributed by atoms with Crippen molar-refractivity contribution in [3.63, 3.8) is 0 Å². The Morgan fingerprint density at radius 1 is 1.20 bits per heavy atom. The number of nitrogens with one attached hydrogen (secondary N) is 1. The Kier molecular flexibility index (Phi) is 3.41. The SMILES string of the molecule is COc1ccc(OC)c(NS(C)(=O)=O)c1. The van der Waals surface area contributed by atoms with Gasteiger partial charge in [-0.1, -0.05) is 0 Å². The van der Waals surface area contributed by atoms with Gasteiger partial charge in [-0.15, -0.1) is 0 Å². The van der Waals surface area contributed by atoms with Gasteiger partial charge in [-0.05, 0) is 12.1 Å². The van der Waals surface area contributed by atoms with Crippen molar-refractivity contribution in [1.29, 1.82) is 0 Å². The quantitative estimate of drug-likeness (QED) is 0.842. The first kappa shape index (κ1) is 11.6. The molecule has 0 bridgehead atoms. The Balaban J connectivity index is 3.12. The van der Waals surface area contributed by atoms with Crippen molar-refractivity contribution in [2.45, 2.75) is 0 Å². The summed E-state index contributed by atoms with van der Waals surface area (Å²) in [4.78, 5) is 0. The third kappa shape index (κ3) is 3.32. The molecule has 6 heteroatoms. The molecule has 0 radical (unpaired) electrons. The van der Waals surface area contributed by atoms with Gasteiger partial charge in [0.1, 0.15) is 11.5 Å². The van der Waals surface area contributed by atoms with E-state index in [0.29, 0.717) is 17.2 Å². The second-order valence-corrected chi connectivity index (χ2v) is 4.69. The molecule has 0 saturated heterocycles. The minimum Gasteiger partial charge on any atom is -0.497 e. The van der Waals surface area contributed by atoms with Crippen LogP contribution in [0.4, 0.5) is 5.69 Å². The summed E-state index contributed by atoms with van der Waals surface area (Å²) in [7, 11) is -0.347. The molecule has 1 rings (SSSR count). The van der Waals surface area contributed by atoms with Crippen molar-refractivity contribution in [1.82, 2.24) is 0 Å². The largest absolute Gasteiger partial charge is 0.497 e. The highest BCUT2D eigenvalue weighted by atomic mass is 32.2. The average Bonchev–Trinajstić information content (AvgIpc) is 2.15. The van der Waals surface area contributed by atoms with Gasteiger partial charge in [0.15, 0.2) is 0 Å². The Morgan fingerprint density at radius 3 is 2.33 bits per heavy atom. The Bertz CT molecular complexity index is 441. The van der Waals surface area contributed by atoms with E-state index in [-0.39, 0.29) is 0 Å². The highest BCUT2D eigenvalue weighted by molar-refractivity contribution is 7.92. The fraction of sp³-hybridized carbons (Fsp3) is 0.333. The number of anilines is 1. The zero-order valence-electron chi connectivity index (χ0n) is 8.77. The maximum Gasteiger partial charge on any atom is 0.229 e. The van der Waals surface area contributed by atoms with Crippen LogP contribution in [-0.2, 0) is 10.0 Å². The summed E-state index contributed by atoms with van der Waals surface area (Å²) < 4.78 is 34.5. The molecule has 0 unspecified atom stereocenters. The standard InChI is InChI=1S/C9H13NO4S/c1-13-7-4-5-9(14-2)8(6-7)10-15(3,11)12/h4-6,10H,1-3H3. The zero-order chi connectivity index (χ0) is 11.5. The maximum atomic E-state index is 11.1. The molecule has 0 saturated carbocycles. The van der Waals surface area contributed by atoms with Gasteiger partial charge in [0.05, 0.1) is 26.2 Å². The van der Waals surface area contributed by atoms with Gasteiger partial charge in [0.2, 0.25) is 10.0 Å². The summed E-state index contributed by atoms with van der Waals surface area (Å²) in [6, 6.07) is 4.87. The summed E-state index contributed by atoms with van der Waals surface area (Å²) in [6.07, 6.45) is 1.08. The fourth-order valence-corrected chi connectivity index (χ4v) is 1.65. The van der Waals surface area contributed by atoms with Crippen LogP contribution in [0.25, 0.3) is 0 Å². The summed E-state index contributed by atoms with van der Waals surface area (Å²) in [6.45, 7) is 0. The van der Waals surface area contributed by atoms with Crippen LogP contribution in [0.1, 0.15) is 0 Å². The Morgan fingerprint density at radius 2 is 1.87 bits per heavy atom. The van der Waals surface area contributed by atoms with Crippen molar-refractivity contribution in [3.8, 4) is 11.5 Å². The molecule has 15 heavy (non-hydrogen) atoms. The van der Waals surface area contributed by atoms with Gasteiger partial charge in [-0.2, -0.15) is 0 Å². The molecule has 1 N–H and O–H groups in total. The van der Waals surface area contributed by atoms with Gasteiger partial charge >= 0.3 is 0 Å². The van der Waals surface area contributed by atoms with Crippen molar-refractivity contribution >= 4 is 15.7 Å². The molecule has 0 atom stereocenters. The monoisotopic (exact) mass is 231 g/mol. The molecule has 0 aliphatic carbocycles. The van der Waals surface area contributed by atoms with E-state index in [0.717, 1.165) is 6.26 Å². The smallest absolute Gasteiger partial charge is 0.229 e.